The molecular weight excluding hydrogens is 388 g/mol. The summed E-state index contributed by atoms with van der Waals surface area (Å²) < 4.78 is 27.2. The monoisotopic (exact) mass is 415 g/mol. The molecule has 0 aliphatic carbocycles. The molecule has 8 heteroatoms. The zero-order chi connectivity index (χ0) is 21.3. The molecule has 30 heavy (non-hydrogen) atoms. The van der Waals surface area contributed by atoms with Crippen molar-refractivity contribution in [2.24, 2.45) is 4.99 Å². The fourth-order valence-electron chi connectivity index (χ4n) is 3.47. The molecular formula is C22H27F2N5O. The average molecular weight is 415 g/mol. The van der Waals surface area contributed by atoms with Gasteiger partial charge in [0.25, 0.3) is 0 Å². The highest BCUT2D eigenvalue weighted by Gasteiger charge is 2.21. The third kappa shape index (κ3) is 5.92. The second-order valence-electron chi connectivity index (χ2n) is 7.06. The molecule has 1 amide bonds. The number of piperazine rings is 1. The van der Waals surface area contributed by atoms with Crippen molar-refractivity contribution in [3.63, 3.8) is 0 Å². The molecule has 3 rings (SSSR count). The van der Waals surface area contributed by atoms with Gasteiger partial charge in [0.2, 0.25) is 5.91 Å². The SMILES string of the molecule is CN=C(NCCNC(=O)Cc1cccc(F)c1)N1CCN(c2ccccc2F)CC1. The number of para-hydroxylation sites is 1. The van der Waals surface area contributed by atoms with Crippen LogP contribution < -0.4 is 15.5 Å². The normalized spacial score (nSPS) is 14.6. The Labute approximate surface area is 175 Å². The Balaban J connectivity index is 1.39. The second-order valence-corrected chi connectivity index (χ2v) is 7.06. The maximum atomic E-state index is 14.0. The first-order valence-electron chi connectivity index (χ1n) is 10.0. The van der Waals surface area contributed by atoms with Crippen LogP contribution >= 0.6 is 0 Å². The zero-order valence-electron chi connectivity index (χ0n) is 17.1. The highest BCUT2D eigenvalue weighted by atomic mass is 19.1. The van der Waals surface area contributed by atoms with E-state index in [-0.39, 0.29) is 24.0 Å². The first-order chi connectivity index (χ1) is 14.6. The highest BCUT2D eigenvalue weighted by Crippen LogP contribution is 2.20. The molecule has 0 radical (unpaired) electrons. The van der Waals surface area contributed by atoms with E-state index in [0.29, 0.717) is 37.4 Å². The second kappa shape index (κ2) is 10.6. The van der Waals surface area contributed by atoms with E-state index in [1.807, 2.05) is 11.0 Å². The van der Waals surface area contributed by atoms with Gasteiger partial charge in [0.15, 0.2) is 5.96 Å². The molecule has 2 aromatic carbocycles. The summed E-state index contributed by atoms with van der Waals surface area (Å²) >= 11 is 0. The van der Waals surface area contributed by atoms with Gasteiger partial charge in [0.1, 0.15) is 11.6 Å². The standard InChI is InChI=1S/C22H27F2N5O/c1-25-22(27-10-9-26-21(30)16-17-5-4-6-18(23)15-17)29-13-11-28(12-14-29)20-8-3-2-7-19(20)24/h2-8,15H,9-14,16H2,1H3,(H,25,27)(H,26,30). The number of carbonyl (C=O) groups excluding carboxylic acids is 1. The number of aliphatic imine (C=N–C) groups is 1. The van der Waals surface area contributed by atoms with Gasteiger partial charge in [-0.05, 0) is 29.8 Å². The van der Waals surface area contributed by atoms with Gasteiger partial charge in [0, 0.05) is 46.3 Å². The van der Waals surface area contributed by atoms with E-state index in [4.69, 9.17) is 0 Å². The molecule has 0 aromatic heterocycles. The molecule has 1 heterocycles. The molecule has 1 aliphatic rings. The number of anilines is 1. The maximum Gasteiger partial charge on any atom is 0.224 e. The number of hydrogen-bond acceptors (Lipinski definition) is 3. The third-order valence-corrected chi connectivity index (χ3v) is 4.97. The lowest BCUT2D eigenvalue weighted by Gasteiger charge is -2.37. The maximum absolute atomic E-state index is 14.0. The number of nitrogens with one attached hydrogen (secondary N) is 2. The Hall–Kier alpha value is -3.16. The number of amides is 1. The van der Waals surface area contributed by atoms with E-state index in [1.165, 1.54) is 18.2 Å². The Morgan fingerprint density at radius 3 is 2.43 bits per heavy atom. The van der Waals surface area contributed by atoms with Crippen molar-refractivity contribution in [1.82, 2.24) is 15.5 Å². The van der Waals surface area contributed by atoms with Gasteiger partial charge in [-0.25, -0.2) is 8.78 Å². The molecule has 1 fully saturated rings. The van der Waals surface area contributed by atoms with Crippen LogP contribution in [0.5, 0.6) is 0 Å². The lowest BCUT2D eigenvalue weighted by Crippen LogP contribution is -2.53. The summed E-state index contributed by atoms with van der Waals surface area (Å²) in [7, 11) is 1.72. The molecule has 0 unspecified atom stereocenters. The molecule has 1 saturated heterocycles. The summed E-state index contributed by atoms with van der Waals surface area (Å²) in [6, 6.07) is 12.8. The summed E-state index contributed by atoms with van der Waals surface area (Å²) in [6.45, 7) is 3.80. The molecule has 0 saturated carbocycles. The molecule has 0 spiro atoms. The minimum atomic E-state index is -0.346. The van der Waals surface area contributed by atoms with Gasteiger partial charge in [-0.3, -0.25) is 9.79 Å². The minimum Gasteiger partial charge on any atom is -0.366 e. The van der Waals surface area contributed by atoms with Crippen LogP contribution in [0.3, 0.4) is 0 Å². The fourth-order valence-corrected chi connectivity index (χ4v) is 3.47. The summed E-state index contributed by atoms with van der Waals surface area (Å²) in [5.74, 6) is 0.0433. The molecule has 6 nitrogen and oxygen atoms in total. The van der Waals surface area contributed by atoms with Gasteiger partial charge in [-0.15, -0.1) is 0 Å². The van der Waals surface area contributed by atoms with E-state index in [0.717, 1.165) is 19.0 Å². The Bertz CT molecular complexity index is 881. The number of guanidine groups is 1. The van der Waals surface area contributed by atoms with Crippen LogP contribution in [0, 0.1) is 11.6 Å². The van der Waals surface area contributed by atoms with Gasteiger partial charge in [0.05, 0.1) is 12.1 Å². The minimum absolute atomic E-state index is 0.143. The topological polar surface area (TPSA) is 60.0 Å². The van der Waals surface area contributed by atoms with E-state index in [9.17, 15) is 13.6 Å². The smallest absolute Gasteiger partial charge is 0.224 e. The molecule has 2 aromatic rings. The van der Waals surface area contributed by atoms with E-state index in [2.05, 4.69) is 20.5 Å². The number of rotatable bonds is 6. The van der Waals surface area contributed by atoms with Crippen molar-refractivity contribution in [2.45, 2.75) is 6.42 Å². The Morgan fingerprint density at radius 2 is 1.73 bits per heavy atom. The lowest BCUT2D eigenvalue weighted by atomic mass is 10.1. The van der Waals surface area contributed by atoms with Crippen LogP contribution in [0.25, 0.3) is 0 Å². The summed E-state index contributed by atoms with van der Waals surface area (Å²) in [5.41, 5.74) is 1.27. The molecule has 1 aliphatic heterocycles. The third-order valence-electron chi connectivity index (χ3n) is 4.97. The van der Waals surface area contributed by atoms with Crippen LogP contribution in [0.4, 0.5) is 14.5 Å². The number of benzene rings is 2. The van der Waals surface area contributed by atoms with Crippen LogP contribution in [-0.4, -0.2) is 63.1 Å². The first kappa shape index (κ1) is 21.5. The van der Waals surface area contributed by atoms with Gasteiger partial charge < -0.3 is 20.4 Å². The lowest BCUT2D eigenvalue weighted by molar-refractivity contribution is -0.120. The van der Waals surface area contributed by atoms with Crippen LogP contribution in [0.15, 0.2) is 53.5 Å². The van der Waals surface area contributed by atoms with Gasteiger partial charge in [-0.2, -0.15) is 0 Å². The molecule has 0 atom stereocenters. The van der Waals surface area contributed by atoms with Crippen molar-refractivity contribution < 1.29 is 13.6 Å². The quantitative estimate of drug-likeness (QED) is 0.431. The van der Waals surface area contributed by atoms with Crippen molar-refractivity contribution in [3.8, 4) is 0 Å². The van der Waals surface area contributed by atoms with Crippen LogP contribution in [-0.2, 0) is 11.2 Å². The Morgan fingerprint density at radius 1 is 1.00 bits per heavy atom. The number of nitrogens with zero attached hydrogens (tertiary/aromatic N) is 3. The van der Waals surface area contributed by atoms with Crippen molar-refractivity contribution >= 4 is 17.6 Å². The van der Waals surface area contributed by atoms with Gasteiger partial charge >= 0.3 is 0 Å². The summed E-state index contributed by atoms with van der Waals surface area (Å²) in [6.07, 6.45) is 0.143. The van der Waals surface area contributed by atoms with Gasteiger partial charge in [-0.1, -0.05) is 24.3 Å². The number of hydrogen-bond donors (Lipinski definition) is 2. The summed E-state index contributed by atoms with van der Waals surface area (Å²) in [5, 5.41) is 6.06. The number of carbonyl (C=O) groups is 1. The Kier molecular flexibility index (Phi) is 7.59. The van der Waals surface area contributed by atoms with E-state index in [1.54, 1.807) is 31.3 Å². The summed E-state index contributed by atoms with van der Waals surface area (Å²) in [4.78, 5) is 20.5. The first-order valence-corrected chi connectivity index (χ1v) is 10.0. The van der Waals surface area contributed by atoms with Crippen molar-refractivity contribution in [2.75, 3.05) is 51.2 Å². The van der Waals surface area contributed by atoms with Crippen molar-refractivity contribution in [1.29, 1.82) is 0 Å². The molecule has 2 N–H and O–H groups in total. The highest BCUT2D eigenvalue weighted by molar-refractivity contribution is 5.80. The zero-order valence-corrected chi connectivity index (χ0v) is 17.1. The van der Waals surface area contributed by atoms with E-state index < -0.39 is 0 Å². The predicted molar refractivity (Wildman–Crippen MR) is 115 cm³/mol. The predicted octanol–water partition coefficient (Wildman–Crippen LogP) is 2.02. The molecule has 160 valence electrons. The average Bonchev–Trinajstić information content (AvgIpc) is 2.74. The molecule has 0 bridgehead atoms. The van der Waals surface area contributed by atoms with E-state index >= 15 is 0 Å². The number of halogens is 2. The van der Waals surface area contributed by atoms with Crippen LogP contribution in [0.2, 0.25) is 0 Å². The van der Waals surface area contributed by atoms with Crippen molar-refractivity contribution in [3.05, 3.63) is 65.7 Å². The largest absolute Gasteiger partial charge is 0.366 e. The fraction of sp³-hybridized carbons (Fsp3) is 0.364. The van der Waals surface area contributed by atoms with Crippen LogP contribution in [0.1, 0.15) is 5.56 Å².